The van der Waals surface area contributed by atoms with Crippen molar-refractivity contribution in [1.82, 2.24) is 0 Å². The van der Waals surface area contributed by atoms with Gasteiger partial charge in [0.15, 0.2) is 0 Å². The van der Waals surface area contributed by atoms with E-state index in [1.54, 1.807) is 11.1 Å². The quantitative estimate of drug-likeness (QED) is 0.383. The molecule has 0 saturated heterocycles. The third-order valence-electron chi connectivity index (χ3n) is 2.92. The second-order valence-electron chi connectivity index (χ2n) is 3.62. The summed E-state index contributed by atoms with van der Waals surface area (Å²) in [5.74, 6) is 0. The molecule has 2 rings (SSSR count). The van der Waals surface area contributed by atoms with E-state index >= 15 is 0 Å². The molecule has 2 unspecified atom stereocenters. The molecule has 0 aromatic heterocycles. The molecule has 0 spiro atoms. The van der Waals surface area contributed by atoms with Crippen molar-refractivity contribution in [2.45, 2.75) is 25.9 Å². The zero-order valence-electron chi connectivity index (χ0n) is 7.30. The lowest BCUT2D eigenvalue weighted by atomic mass is 10.1. The fourth-order valence-corrected chi connectivity index (χ4v) is 5.12. The predicted molar refractivity (Wildman–Crippen MR) is 52.6 cm³/mol. The minimum Gasteiger partial charge on any atom is -0.0910 e. The summed E-state index contributed by atoms with van der Waals surface area (Å²) in [5.41, 5.74) is 4.36. The zero-order valence-corrected chi connectivity index (χ0v) is 8.20. The maximum atomic E-state index is 2.38. The fraction of sp³-hybridized carbons (Fsp3) is 0.600. The van der Waals surface area contributed by atoms with Gasteiger partial charge in [0, 0.05) is 5.66 Å². The number of allylic oxidation sites excluding steroid dienone is 4. The predicted octanol–water partition coefficient (Wildman–Crippen LogP) is 3.15. The van der Waals surface area contributed by atoms with Gasteiger partial charge in [0.25, 0.3) is 0 Å². The van der Waals surface area contributed by atoms with Gasteiger partial charge in [-0.05, 0) is 32.6 Å². The summed E-state index contributed by atoms with van der Waals surface area (Å²) in [6.45, 7) is 4.65. The first-order valence-electron chi connectivity index (χ1n) is 4.34. The Labute approximate surface area is 70.1 Å². The van der Waals surface area contributed by atoms with Crippen LogP contribution < -0.4 is 0 Å². The summed E-state index contributed by atoms with van der Waals surface area (Å²) < 4.78 is 0. The molecule has 0 bridgehead atoms. The van der Waals surface area contributed by atoms with Gasteiger partial charge < -0.3 is 0 Å². The molecule has 0 saturated carbocycles. The Bertz CT molecular complexity index is 225. The van der Waals surface area contributed by atoms with Gasteiger partial charge in [0.1, 0.15) is 0 Å². The summed E-state index contributed by atoms with van der Waals surface area (Å²) in [4.78, 5) is 0. The smallest absolute Gasteiger partial charge is 0.00407 e. The lowest BCUT2D eigenvalue weighted by molar-refractivity contribution is 0.974. The molecule has 0 N–H and O–H groups in total. The topological polar surface area (TPSA) is 0 Å². The highest BCUT2D eigenvalue weighted by molar-refractivity contribution is 7.59. The Balaban J connectivity index is 2.22. The molecule has 2 atom stereocenters. The number of hydrogen-bond donors (Lipinski definition) is 0. The Kier molecular flexibility index (Phi) is 1.89. The van der Waals surface area contributed by atoms with E-state index in [9.17, 15) is 0 Å². The first kappa shape index (κ1) is 7.55. The van der Waals surface area contributed by atoms with Crippen LogP contribution in [0, 0.1) is 0 Å². The summed E-state index contributed by atoms with van der Waals surface area (Å²) in [6, 6.07) is 0. The number of rotatable bonds is 0. The van der Waals surface area contributed by atoms with Crippen molar-refractivity contribution in [3.8, 4) is 0 Å². The van der Waals surface area contributed by atoms with Crippen LogP contribution in [0.4, 0.5) is 0 Å². The van der Waals surface area contributed by atoms with Crippen LogP contribution in [-0.4, -0.2) is 18.0 Å². The molecule has 0 aromatic rings. The maximum Gasteiger partial charge on any atom is 0.00407 e. The third kappa shape index (κ3) is 1.18. The zero-order chi connectivity index (χ0) is 7.84. The Morgan fingerprint density at radius 2 is 2.18 bits per heavy atom. The van der Waals surface area contributed by atoms with Crippen LogP contribution in [0.3, 0.4) is 0 Å². The average molecular weight is 166 g/mol. The van der Waals surface area contributed by atoms with E-state index in [4.69, 9.17) is 0 Å². The number of hydrogen-bond acceptors (Lipinski definition) is 0. The maximum absolute atomic E-state index is 2.38. The molecule has 2 aliphatic heterocycles. The minimum absolute atomic E-state index is 0.341. The molecule has 2 heterocycles. The molecule has 2 aliphatic rings. The standard InChI is InChI=1S/C10H15P/c1-8-7-11-6-4-3-5-10(11)9(8)2/h3-4,10H,5-7H2,1-2H3. The van der Waals surface area contributed by atoms with E-state index in [0.717, 1.165) is 5.66 Å². The SMILES string of the molecule is CC1=C(C)C2CC=CCP2C1. The highest BCUT2D eigenvalue weighted by atomic mass is 31.1. The second-order valence-corrected chi connectivity index (χ2v) is 6.10. The minimum atomic E-state index is 0.341. The summed E-state index contributed by atoms with van der Waals surface area (Å²) in [6.07, 6.45) is 8.89. The molecule has 0 radical (unpaired) electrons. The van der Waals surface area contributed by atoms with Crippen LogP contribution in [-0.2, 0) is 0 Å². The fourth-order valence-electron chi connectivity index (χ4n) is 2.05. The van der Waals surface area contributed by atoms with Crippen LogP contribution in [0.1, 0.15) is 20.3 Å². The van der Waals surface area contributed by atoms with Crippen molar-refractivity contribution in [3.63, 3.8) is 0 Å². The highest BCUT2D eigenvalue weighted by Gasteiger charge is 2.29. The van der Waals surface area contributed by atoms with Gasteiger partial charge in [-0.15, -0.1) is 0 Å². The van der Waals surface area contributed by atoms with Gasteiger partial charge in [-0.1, -0.05) is 31.2 Å². The van der Waals surface area contributed by atoms with Crippen LogP contribution in [0.15, 0.2) is 23.3 Å². The van der Waals surface area contributed by atoms with Crippen molar-refractivity contribution in [3.05, 3.63) is 23.3 Å². The van der Waals surface area contributed by atoms with Gasteiger partial charge in [0.2, 0.25) is 0 Å². The summed E-state index contributed by atoms with van der Waals surface area (Å²) in [7, 11) is 0.341. The second kappa shape index (κ2) is 2.75. The van der Waals surface area contributed by atoms with E-state index in [-0.39, 0.29) is 0 Å². The Morgan fingerprint density at radius 3 is 2.91 bits per heavy atom. The highest BCUT2D eigenvalue weighted by Crippen LogP contribution is 2.55. The van der Waals surface area contributed by atoms with E-state index < -0.39 is 0 Å². The van der Waals surface area contributed by atoms with Crippen LogP contribution in [0.2, 0.25) is 0 Å². The van der Waals surface area contributed by atoms with Crippen LogP contribution in [0.5, 0.6) is 0 Å². The van der Waals surface area contributed by atoms with E-state index in [1.807, 2.05) is 0 Å². The molecular formula is C10H15P. The molecule has 0 aliphatic carbocycles. The lowest BCUT2D eigenvalue weighted by Gasteiger charge is -2.22. The number of fused-ring (bicyclic) bond motifs is 1. The Morgan fingerprint density at radius 1 is 1.36 bits per heavy atom. The van der Waals surface area contributed by atoms with Crippen molar-refractivity contribution in [2.75, 3.05) is 12.3 Å². The molecular weight excluding hydrogens is 151 g/mol. The largest absolute Gasteiger partial charge is 0.0910 e. The molecule has 0 nitrogen and oxygen atoms in total. The van der Waals surface area contributed by atoms with Crippen LogP contribution in [0.25, 0.3) is 0 Å². The van der Waals surface area contributed by atoms with Crippen molar-refractivity contribution in [2.24, 2.45) is 0 Å². The van der Waals surface area contributed by atoms with Gasteiger partial charge in [-0.3, -0.25) is 0 Å². The average Bonchev–Trinajstić information content (AvgIpc) is 2.30. The van der Waals surface area contributed by atoms with Crippen molar-refractivity contribution in [1.29, 1.82) is 0 Å². The molecule has 0 aromatic carbocycles. The van der Waals surface area contributed by atoms with Gasteiger partial charge >= 0.3 is 0 Å². The van der Waals surface area contributed by atoms with Gasteiger partial charge in [0.05, 0.1) is 0 Å². The van der Waals surface area contributed by atoms with Crippen molar-refractivity contribution >= 4 is 7.92 Å². The molecule has 11 heavy (non-hydrogen) atoms. The molecule has 0 amide bonds. The van der Waals surface area contributed by atoms with Crippen molar-refractivity contribution < 1.29 is 0 Å². The third-order valence-corrected chi connectivity index (χ3v) is 5.96. The molecule has 0 fully saturated rings. The van der Waals surface area contributed by atoms with E-state index in [2.05, 4.69) is 26.0 Å². The van der Waals surface area contributed by atoms with Gasteiger partial charge in [-0.2, -0.15) is 0 Å². The van der Waals surface area contributed by atoms with E-state index in [0.29, 0.717) is 7.92 Å². The summed E-state index contributed by atoms with van der Waals surface area (Å²) >= 11 is 0. The first-order chi connectivity index (χ1) is 5.29. The molecule has 60 valence electrons. The van der Waals surface area contributed by atoms with Gasteiger partial charge in [-0.25, -0.2) is 0 Å². The monoisotopic (exact) mass is 166 g/mol. The Hall–Kier alpha value is -0.0900. The molecule has 1 heteroatoms. The van der Waals surface area contributed by atoms with Crippen LogP contribution >= 0.6 is 7.92 Å². The van der Waals surface area contributed by atoms with E-state index in [1.165, 1.54) is 18.7 Å². The normalized spacial score (nSPS) is 36.2. The first-order valence-corrected chi connectivity index (χ1v) is 6.12. The summed E-state index contributed by atoms with van der Waals surface area (Å²) in [5, 5.41) is 0. The lowest BCUT2D eigenvalue weighted by Crippen LogP contribution is -2.06.